The maximum Gasteiger partial charge on any atom is 0.144 e. The van der Waals surface area contributed by atoms with E-state index in [0.717, 1.165) is 24.0 Å². The van der Waals surface area contributed by atoms with Gasteiger partial charge in [0.25, 0.3) is 0 Å². The van der Waals surface area contributed by atoms with Gasteiger partial charge in [-0.05, 0) is 35.1 Å². The van der Waals surface area contributed by atoms with Crippen LogP contribution >= 0.6 is 0 Å². The number of rotatable bonds is 0. The van der Waals surface area contributed by atoms with Gasteiger partial charge in [-0.1, -0.05) is 48.5 Å². The lowest BCUT2D eigenvalue weighted by molar-refractivity contribution is 0.124. The Kier molecular flexibility index (Phi) is 2.26. The number of benzene rings is 2. The van der Waals surface area contributed by atoms with E-state index in [4.69, 9.17) is 0 Å². The molecule has 3 rings (SSSR count). The fourth-order valence-corrected chi connectivity index (χ4v) is 2.47. The minimum atomic E-state index is -0.713. The third-order valence-electron chi connectivity index (χ3n) is 3.34. The van der Waals surface area contributed by atoms with E-state index in [-0.39, 0.29) is 0 Å². The van der Waals surface area contributed by atoms with E-state index in [1.165, 1.54) is 11.1 Å². The van der Waals surface area contributed by atoms with Gasteiger partial charge in [-0.25, -0.2) is 5.11 Å². The van der Waals surface area contributed by atoms with E-state index in [1.54, 1.807) is 0 Å². The highest BCUT2D eigenvalue weighted by atomic mass is 16.3. The maximum absolute atomic E-state index is 12.4. The molecule has 0 saturated heterocycles. The zero-order valence-corrected chi connectivity index (χ0v) is 9.02. The number of hydrogen-bond acceptors (Lipinski definition) is 0. The highest BCUT2D eigenvalue weighted by Crippen LogP contribution is 2.32. The lowest BCUT2D eigenvalue weighted by Gasteiger charge is -2.11. The van der Waals surface area contributed by atoms with Gasteiger partial charge in [0.1, 0.15) is 6.10 Å². The molecule has 0 aromatic heterocycles. The van der Waals surface area contributed by atoms with Crippen molar-refractivity contribution in [3.8, 4) is 0 Å². The van der Waals surface area contributed by atoms with Crippen molar-refractivity contribution in [2.75, 3.05) is 0 Å². The van der Waals surface area contributed by atoms with Crippen LogP contribution < -0.4 is 0 Å². The van der Waals surface area contributed by atoms with Crippen molar-refractivity contribution in [3.05, 3.63) is 70.8 Å². The second kappa shape index (κ2) is 3.76. The Hall–Kier alpha value is -1.60. The Balaban J connectivity index is 2.18. The molecule has 0 aliphatic heterocycles. The summed E-state index contributed by atoms with van der Waals surface area (Å²) >= 11 is 0. The topological polar surface area (TPSA) is 19.9 Å². The highest BCUT2D eigenvalue weighted by Gasteiger charge is 2.21. The van der Waals surface area contributed by atoms with Crippen molar-refractivity contribution in [2.45, 2.75) is 18.9 Å². The first-order valence-electron chi connectivity index (χ1n) is 5.67. The Morgan fingerprint density at radius 1 is 0.750 bits per heavy atom. The Labute approximate surface area is 95.4 Å². The van der Waals surface area contributed by atoms with Gasteiger partial charge in [-0.2, -0.15) is 0 Å². The van der Waals surface area contributed by atoms with Crippen molar-refractivity contribution in [1.29, 1.82) is 0 Å². The molecular formula is C15H13O. The van der Waals surface area contributed by atoms with Crippen LogP contribution in [0.1, 0.15) is 28.4 Å². The molecule has 0 unspecified atom stereocenters. The first-order valence-corrected chi connectivity index (χ1v) is 5.67. The maximum atomic E-state index is 12.4. The molecule has 1 radical (unpaired) electrons. The molecule has 1 heteroatoms. The predicted molar refractivity (Wildman–Crippen MR) is 62.8 cm³/mol. The average molecular weight is 209 g/mol. The summed E-state index contributed by atoms with van der Waals surface area (Å²) in [6, 6.07) is 16.0. The van der Waals surface area contributed by atoms with Gasteiger partial charge in [-0.15, -0.1) is 0 Å². The predicted octanol–water partition coefficient (Wildman–Crippen LogP) is 3.31. The van der Waals surface area contributed by atoms with Gasteiger partial charge in [0.2, 0.25) is 0 Å². The summed E-state index contributed by atoms with van der Waals surface area (Å²) in [6.45, 7) is 0. The molecule has 0 saturated carbocycles. The molecule has 0 heterocycles. The smallest absolute Gasteiger partial charge is 0.144 e. The van der Waals surface area contributed by atoms with Crippen LogP contribution in [-0.4, -0.2) is 0 Å². The van der Waals surface area contributed by atoms with E-state index in [1.807, 2.05) is 36.4 Å². The average Bonchev–Trinajstić information content (AvgIpc) is 2.49. The first-order chi connectivity index (χ1) is 7.86. The molecule has 0 fully saturated rings. The van der Waals surface area contributed by atoms with Crippen molar-refractivity contribution < 1.29 is 5.11 Å². The zero-order chi connectivity index (χ0) is 11.0. The Morgan fingerprint density at radius 3 is 1.69 bits per heavy atom. The van der Waals surface area contributed by atoms with E-state index < -0.39 is 6.10 Å². The Morgan fingerprint density at radius 2 is 1.19 bits per heavy atom. The van der Waals surface area contributed by atoms with Gasteiger partial charge >= 0.3 is 0 Å². The monoisotopic (exact) mass is 209 g/mol. The van der Waals surface area contributed by atoms with Gasteiger partial charge in [-0.3, -0.25) is 0 Å². The summed E-state index contributed by atoms with van der Waals surface area (Å²) in [5.74, 6) is 0. The van der Waals surface area contributed by atoms with Crippen LogP contribution in [0, 0.1) is 0 Å². The van der Waals surface area contributed by atoms with Crippen LogP contribution in [0.3, 0.4) is 0 Å². The van der Waals surface area contributed by atoms with Gasteiger partial charge in [0.05, 0.1) is 0 Å². The normalized spacial score (nSPS) is 15.1. The SMILES string of the molecule is [O]C1c2ccccc2CCc2ccccc21. The molecule has 0 N–H and O–H groups in total. The number of fused-ring (bicyclic) bond motifs is 2. The molecule has 0 spiro atoms. The summed E-state index contributed by atoms with van der Waals surface area (Å²) in [7, 11) is 0. The number of hydrogen-bond donors (Lipinski definition) is 0. The van der Waals surface area contributed by atoms with Crippen LogP contribution in [0.2, 0.25) is 0 Å². The fourth-order valence-electron chi connectivity index (χ4n) is 2.47. The summed E-state index contributed by atoms with van der Waals surface area (Å²) in [6.07, 6.45) is 1.24. The molecule has 1 aliphatic rings. The van der Waals surface area contributed by atoms with E-state index >= 15 is 0 Å². The number of aryl methyl sites for hydroxylation is 2. The minimum absolute atomic E-state index is 0.713. The highest BCUT2D eigenvalue weighted by molar-refractivity contribution is 5.42. The standard InChI is InChI=1S/C15H13O/c16-15-13-7-3-1-5-11(13)9-10-12-6-2-4-8-14(12)15/h1-8,15H,9-10H2. The van der Waals surface area contributed by atoms with Gasteiger partial charge in [0.15, 0.2) is 0 Å². The summed E-state index contributed by atoms with van der Waals surface area (Å²) in [5, 5.41) is 12.4. The molecule has 79 valence electrons. The van der Waals surface area contributed by atoms with E-state index in [9.17, 15) is 5.11 Å². The molecule has 0 bridgehead atoms. The lowest BCUT2D eigenvalue weighted by Crippen LogP contribution is -2.00. The molecular weight excluding hydrogens is 196 g/mol. The van der Waals surface area contributed by atoms with Crippen LogP contribution in [0.25, 0.3) is 0 Å². The third-order valence-corrected chi connectivity index (χ3v) is 3.34. The van der Waals surface area contributed by atoms with Crippen LogP contribution in [-0.2, 0) is 17.9 Å². The molecule has 0 atom stereocenters. The lowest BCUT2D eigenvalue weighted by atomic mass is 9.97. The summed E-state index contributed by atoms with van der Waals surface area (Å²) in [5.41, 5.74) is 4.32. The largest absolute Gasteiger partial charge is 0.223 e. The Bertz CT molecular complexity index is 469. The second-order valence-corrected chi connectivity index (χ2v) is 4.28. The minimum Gasteiger partial charge on any atom is -0.223 e. The molecule has 0 amide bonds. The second-order valence-electron chi connectivity index (χ2n) is 4.28. The molecule has 2 aromatic rings. The van der Waals surface area contributed by atoms with Crippen molar-refractivity contribution in [2.24, 2.45) is 0 Å². The van der Waals surface area contributed by atoms with E-state index in [2.05, 4.69) is 12.1 Å². The van der Waals surface area contributed by atoms with Crippen LogP contribution in [0.15, 0.2) is 48.5 Å². The quantitative estimate of drug-likeness (QED) is 0.634. The van der Waals surface area contributed by atoms with Crippen molar-refractivity contribution in [1.82, 2.24) is 0 Å². The van der Waals surface area contributed by atoms with Gasteiger partial charge < -0.3 is 0 Å². The van der Waals surface area contributed by atoms with Crippen LogP contribution in [0.4, 0.5) is 0 Å². The molecule has 1 nitrogen and oxygen atoms in total. The fraction of sp³-hybridized carbons (Fsp3) is 0.200. The zero-order valence-electron chi connectivity index (χ0n) is 9.02. The third kappa shape index (κ3) is 1.44. The van der Waals surface area contributed by atoms with Crippen LogP contribution in [0.5, 0.6) is 0 Å². The molecule has 1 aliphatic carbocycles. The van der Waals surface area contributed by atoms with E-state index in [0.29, 0.717) is 0 Å². The molecule has 2 aromatic carbocycles. The molecule has 16 heavy (non-hydrogen) atoms. The summed E-state index contributed by atoms with van der Waals surface area (Å²) < 4.78 is 0. The summed E-state index contributed by atoms with van der Waals surface area (Å²) in [4.78, 5) is 0. The van der Waals surface area contributed by atoms with Gasteiger partial charge in [0, 0.05) is 0 Å². The van der Waals surface area contributed by atoms with Crippen molar-refractivity contribution >= 4 is 0 Å². The first kappa shape index (κ1) is 9.61. The van der Waals surface area contributed by atoms with Crippen molar-refractivity contribution in [3.63, 3.8) is 0 Å².